The van der Waals surface area contributed by atoms with Crippen LogP contribution >= 0.6 is 11.6 Å². The number of halogens is 1. The van der Waals surface area contributed by atoms with Gasteiger partial charge in [0.2, 0.25) is 5.91 Å². The van der Waals surface area contributed by atoms with E-state index in [1.54, 1.807) is 18.3 Å². The number of nitrogens with zero attached hydrogens (tertiary/aromatic N) is 2. The minimum Gasteiger partial charge on any atom is -0.399 e. The van der Waals surface area contributed by atoms with E-state index < -0.39 is 5.56 Å². The molecule has 0 saturated heterocycles. The van der Waals surface area contributed by atoms with E-state index in [1.165, 1.54) is 6.42 Å². The second-order valence-corrected chi connectivity index (χ2v) is 9.94. The molecule has 2 aromatic rings. The summed E-state index contributed by atoms with van der Waals surface area (Å²) >= 11 is 6.36. The summed E-state index contributed by atoms with van der Waals surface area (Å²) in [6, 6.07) is 7.54. The Labute approximate surface area is 187 Å². The van der Waals surface area contributed by atoms with Crippen LogP contribution in [-0.4, -0.2) is 21.7 Å². The van der Waals surface area contributed by atoms with Gasteiger partial charge in [0.05, 0.1) is 11.9 Å². The van der Waals surface area contributed by atoms with Crippen LogP contribution in [0.4, 0.5) is 11.4 Å². The second-order valence-electron chi connectivity index (χ2n) is 9.56. The molecule has 1 amide bonds. The maximum atomic E-state index is 12.7. The summed E-state index contributed by atoms with van der Waals surface area (Å²) < 4.78 is 1.09. The Morgan fingerprint density at radius 3 is 2.81 bits per heavy atom. The fraction of sp³-hybridized carbons (Fsp3) is 0.522. The molecule has 5 rings (SSSR count). The van der Waals surface area contributed by atoms with Crippen LogP contribution in [0.3, 0.4) is 0 Å². The molecule has 7 nitrogen and oxygen atoms in total. The van der Waals surface area contributed by atoms with Gasteiger partial charge in [0.25, 0.3) is 5.56 Å². The van der Waals surface area contributed by atoms with Crippen LogP contribution in [0.1, 0.15) is 39.2 Å². The van der Waals surface area contributed by atoms with E-state index in [-0.39, 0.29) is 23.5 Å². The monoisotopic (exact) mass is 443 g/mol. The third kappa shape index (κ3) is 4.15. The number of fused-ring (bicyclic) bond motifs is 2. The molecule has 3 saturated carbocycles. The van der Waals surface area contributed by atoms with Crippen molar-refractivity contribution in [2.45, 2.75) is 52.7 Å². The van der Waals surface area contributed by atoms with Crippen LogP contribution in [0, 0.1) is 23.2 Å². The van der Waals surface area contributed by atoms with E-state index in [0.717, 1.165) is 16.7 Å². The van der Waals surface area contributed by atoms with Crippen LogP contribution in [0.25, 0.3) is 0 Å². The van der Waals surface area contributed by atoms with Crippen molar-refractivity contribution in [1.82, 2.24) is 15.1 Å². The Balaban J connectivity index is 1.38. The van der Waals surface area contributed by atoms with Crippen molar-refractivity contribution in [2.24, 2.45) is 23.2 Å². The molecule has 4 atom stereocenters. The lowest BCUT2D eigenvalue weighted by Crippen LogP contribution is -2.58. The molecule has 31 heavy (non-hydrogen) atoms. The number of carbonyl (C=O) groups is 1. The molecule has 8 heteroatoms. The zero-order valence-corrected chi connectivity index (χ0v) is 18.9. The van der Waals surface area contributed by atoms with Crippen molar-refractivity contribution in [1.29, 1.82) is 0 Å². The highest BCUT2D eigenvalue weighted by atomic mass is 35.5. The van der Waals surface area contributed by atoms with Crippen LogP contribution in [0.15, 0.2) is 35.3 Å². The van der Waals surface area contributed by atoms with Gasteiger partial charge in [0.1, 0.15) is 11.6 Å². The normalized spacial score (nSPS) is 26.1. The van der Waals surface area contributed by atoms with Gasteiger partial charge in [-0.25, -0.2) is 4.68 Å². The van der Waals surface area contributed by atoms with Crippen molar-refractivity contribution in [3.63, 3.8) is 0 Å². The van der Waals surface area contributed by atoms with Crippen molar-refractivity contribution < 1.29 is 4.79 Å². The summed E-state index contributed by atoms with van der Waals surface area (Å²) in [6.45, 7) is 7.11. The lowest BCUT2D eigenvalue weighted by atomic mass is 9.45. The highest BCUT2D eigenvalue weighted by Gasteiger charge is 2.56. The minimum absolute atomic E-state index is 0.0735. The molecule has 0 aliphatic heterocycles. The highest BCUT2D eigenvalue weighted by Crippen LogP contribution is 2.61. The van der Waals surface area contributed by atoms with E-state index in [0.29, 0.717) is 41.1 Å². The SMILES string of the molecule is C[C@H]1[C@H](Nc2cnn(CC(=O)NCc3cccc(N)c3)c(=O)c2Cl)C[C@H]2C[C@@H]1C2(C)C. The summed E-state index contributed by atoms with van der Waals surface area (Å²) in [5, 5.41) is 10.5. The summed E-state index contributed by atoms with van der Waals surface area (Å²) in [6.07, 6.45) is 3.90. The largest absolute Gasteiger partial charge is 0.399 e. The summed E-state index contributed by atoms with van der Waals surface area (Å²) in [5.41, 5.74) is 7.72. The number of nitrogens with two attached hydrogens (primary N) is 1. The maximum Gasteiger partial charge on any atom is 0.288 e. The smallest absolute Gasteiger partial charge is 0.288 e. The Bertz CT molecular complexity index is 1050. The first-order valence-corrected chi connectivity index (χ1v) is 11.2. The van der Waals surface area contributed by atoms with Gasteiger partial charge >= 0.3 is 0 Å². The fourth-order valence-electron chi connectivity index (χ4n) is 5.31. The number of amides is 1. The molecule has 3 fully saturated rings. The zero-order chi connectivity index (χ0) is 22.3. The Morgan fingerprint density at radius 1 is 1.35 bits per heavy atom. The van der Waals surface area contributed by atoms with Crippen LogP contribution in [-0.2, 0) is 17.9 Å². The first kappa shape index (κ1) is 21.7. The maximum absolute atomic E-state index is 12.7. The molecule has 4 N–H and O–H groups in total. The number of nitrogens with one attached hydrogen (secondary N) is 2. The third-order valence-corrected chi connectivity index (χ3v) is 7.78. The predicted molar refractivity (Wildman–Crippen MR) is 123 cm³/mol. The average molecular weight is 444 g/mol. The summed E-state index contributed by atoms with van der Waals surface area (Å²) in [4.78, 5) is 25.0. The molecular formula is C23H30ClN5O2. The minimum atomic E-state index is -0.472. The molecule has 0 spiro atoms. The Hall–Kier alpha value is -2.54. The number of benzene rings is 1. The molecule has 1 heterocycles. The van der Waals surface area contributed by atoms with Gasteiger partial charge in [0, 0.05) is 18.3 Å². The highest BCUT2D eigenvalue weighted by molar-refractivity contribution is 6.32. The van der Waals surface area contributed by atoms with Gasteiger partial charge in [-0.15, -0.1) is 0 Å². The first-order valence-electron chi connectivity index (χ1n) is 10.8. The van der Waals surface area contributed by atoms with Gasteiger partial charge in [-0.1, -0.05) is 44.5 Å². The number of carbonyl (C=O) groups excluding carboxylic acids is 1. The molecule has 1 aromatic heterocycles. The summed E-state index contributed by atoms with van der Waals surface area (Å²) in [5.74, 6) is 1.55. The quantitative estimate of drug-likeness (QED) is 0.594. The van der Waals surface area contributed by atoms with Crippen molar-refractivity contribution in [2.75, 3.05) is 11.1 Å². The molecule has 0 radical (unpaired) electrons. The van der Waals surface area contributed by atoms with Crippen LogP contribution in [0.2, 0.25) is 5.02 Å². The van der Waals surface area contributed by atoms with E-state index in [2.05, 4.69) is 36.5 Å². The average Bonchev–Trinajstić information content (AvgIpc) is 2.73. The molecule has 166 valence electrons. The van der Waals surface area contributed by atoms with E-state index in [4.69, 9.17) is 17.3 Å². The van der Waals surface area contributed by atoms with E-state index >= 15 is 0 Å². The van der Waals surface area contributed by atoms with Crippen LogP contribution < -0.4 is 21.9 Å². The standard InChI is InChI=1S/C23H30ClN5O2/c1-13-17-8-15(23(17,2)3)9-18(13)28-19-11-27-29(22(31)21(19)24)12-20(30)26-10-14-5-4-6-16(25)7-14/h4-7,11,13,15,17-18,28H,8-10,12,25H2,1-3H3,(H,26,30)/t13-,15-,17+,18-/m1/s1. The number of rotatable bonds is 6. The second kappa shape index (κ2) is 8.19. The van der Waals surface area contributed by atoms with Gasteiger partial charge in [-0.2, -0.15) is 5.10 Å². The Morgan fingerprint density at radius 2 is 2.13 bits per heavy atom. The van der Waals surface area contributed by atoms with E-state index in [1.807, 2.05) is 12.1 Å². The van der Waals surface area contributed by atoms with Crippen molar-refractivity contribution >= 4 is 28.9 Å². The number of aromatic nitrogens is 2. The fourth-order valence-corrected chi connectivity index (χ4v) is 5.52. The number of anilines is 2. The topological polar surface area (TPSA) is 102 Å². The third-order valence-electron chi connectivity index (χ3n) is 7.41. The predicted octanol–water partition coefficient (Wildman–Crippen LogP) is 3.28. The van der Waals surface area contributed by atoms with Crippen LogP contribution in [0.5, 0.6) is 0 Å². The summed E-state index contributed by atoms with van der Waals surface area (Å²) in [7, 11) is 0. The lowest BCUT2D eigenvalue weighted by molar-refractivity contribution is -0.122. The molecule has 0 unspecified atom stereocenters. The molecular weight excluding hydrogens is 414 g/mol. The first-order chi connectivity index (χ1) is 14.7. The molecule has 3 aliphatic rings. The van der Waals surface area contributed by atoms with Crippen molar-refractivity contribution in [3.05, 3.63) is 51.4 Å². The van der Waals surface area contributed by atoms with E-state index in [9.17, 15) is 9.59 Å². The van der Waals surface area contributed by atoms with Crippen molar-refractivity contribution in [3.8, 4) is 0 Å². The molecule has 2 bridgehead atoms. The van der Waals surface area contributed by atoms with Gasteiger partial charge in [-0.3, -0.25) is 9.59 Å². The lowest BCUT2D eigenvalue weighted by Gasteiger charge is -2.62. The molecule has 1 aromatic carbocycles. The number of hydrogen-bond acceptors (Lipinski definition) is 5. The zero-order valence-electron chi connectivity index (χ0n) is 18.2. The molecule has 3 aliphatic carbocycles. The Kier molecular flexibility index (Phi) is 5.73. The number of nitrogen functional groups attached to an aromatic ring is 1. The van der Waals surface area contributed by atoms with Gasteiger partial charge in [0.15, 0.2) is 0 Å². The van der Waals surface area contributed by atoms with Gasteiger partial charge < -0.3 is 16.4 Å². The van der Waals surface area contributed by atoms with Gasteiger partial charge in [-0.05, 0) is 53.7 Å². The number of hydrogen-bond donors (Lipinski definition) is 3.